The summed E-state index contributed by atoms with van der Waals surface area (Å²) in [5, 5.41) is 11.5. The number of ether oxygens (including phenoxy) is 1. The molecule has 0 radical (unpaired) electrons. The summed E-state index contributed by atoms with van der Waals surface area (Å²) in [4.78, 5) is 26.6. The Balaban J connectivity index is 1.74. The molecule has 0 saturated heterocycles. The summed E-state index contributed by atoms with van der Waals surface area (Å²) in [7, 11) is 0. The van der Waals surface area contributed by atoms with E-state index in [4.69, 9.17) is 9.84 Å². The molecule has 0 spiro atoms. The van der Waals surface area contributed by atoms with Crippen LogP contribution in [0.15, 0.2) is 54.7 Å². The second-order valence-electron chi connectivity index (χ2n) is 8.12. The number of rotatable bonds is 12. The molecule has 1 heterocycles. The summed E-state index contributed by atoms with van der Waals surface area (Å²) in [6.07, 6.45) is 6.50. The van der Waals surface area contributed by atoms with Crippen molar-refractivity contribution in [2.75, 3.05) is 11.9 Å². The van der Waals surface area contributed by atoms with Crippen molar-refractivity contribution in [3.8, 4) is 23.0 Å². The molecule has 2 aromatic carbocycles. The van der Waals surface area contributed by atoms with Gasteiger partial charge in [0.05, 0.1) is 24.2 Å². The molecule has 0 fully saturated rings. The van der Waals surface area contributed by atoms with Crippen LogP contribution in [-0.4, -0.2) is 33.1 Å². The maximum absolute atomic E-state index is 11.5. The number of nitrogens with one attached hydrogen (secondary N) is 1. The highest BCUT2D eigenvalue weighted by molar-refractivity contribution is 5.89. The second-order valence-corrected chi connectivity index (χ2v) is 8.12. The van der Waals surface area contributed by atoms with Gasteiger partial charge in [-0.2, -0.15) is 0 Å². The zero-order chi connectivity index (χ0) is 23.6. The zero-order valence-corrected chi connectivity index (χ0v) is 19.2. The molecule has 0 saturated carbocycles. The summed E-state index contributed by atoms with van der Waals surface area (Å²) in [5.41, 5.74) is 4.62. The number of carbonyl (C=O) groups excluding carboxylic acids is 1. The quantitative estimate of drug-likeness (QED) is 0.351. The van der Waals surface area contributed by atoms with Crippen molar-refractivity contribution >= 4 is 17.6 Å². The third-order valence-corrected chi connectivity index (χ3v) is 5.27. The fourth-order valence-corrected chi connectivity index (χ4v) is 3.62. The number of imidazole rings is 1. The lowest BCUT2D eigenvalue weighted by Crippen LogP contribution is -2.07. The number of unbranched alkanes of at least 4 members (excludes halogenated alkanes) is 4. The molecule has 0 atom stereocenters. The van der Waals surface area contributed by atoms with Crippen LogP contribution in [0.4, 0.5) is 5.69 Å². The van der Waals surface area contributed by atoms with Crippen LogP contribution in [0.2, 0.25) is 0 Å². The predicted molar refractivity (Wildman–Crippen MR) is 129 cm³/mol. The largest absolute Gasteiger partial charge is 0.481 e. The number of carboxylic acid groups (broad SMARTS) is 1. The van der Waals surface area contributed by atoms with Crippen LogP contribution in [-0.2, 0) is 9.59 Å². The van der Waals surface area contributed by atoms with Gasteiger partial charge in [-0.1, -0.05) is 49.1 Å². The zero-order valence-electron chi connectivity index (χ0n) is 19.2. The van der Waals surface area contributed by atoms with E-state index in [9.17, 15) is 9.59 Å². The van der Waals surface area contributed by atoms with Crippen molar-refractivity contribution in [3.63, 3.8) is 0 Å². The van der Waals surface area contributed by atoms with Gasteiger partial charge in [0.25, 0.3) is 0 Å². The first-order chi connectivity index (χ1) is 15.9. The molecule has 7 nitrogen and oxygen atoms in total. The second kappa shape index (κ2) is 11.9. The Kier molecular flexibility index (Phi) is 8.63. The van der Waals surface area contributed by atoms with E-state index in [0.29, 0.717) is 12.6 Å². The maximum Gasteiger partial charge on any atom is 0.303 e. The summed E-state index contributed by atoms with van der Waals surface area (Å²) < 4.78 is 8.04. The number of anilines is 1. The summed E-state index contributed by atoms with van der Waals surface area (Å²) >= 11 is 0. The molecule has 2 N–H and O–H groups in total. The molecule has 1 amide bonds. The third kappa shape index (κ3) is 7.20. The van der Waals surface area contributed by atoms with Crippen molar-refractivity contribution in [1.82, 2.24) is 9.55 Å². The van der Waals surface area contributed by atoms with Crippen LogP contribution >= 0.6 is 0 Å². The average molecular weight is 450 g/mol. The van der Waals surface area contributed by atoms with Gasteiger partial charge in [-0.15, -0.1) is 0 Å². The average Bonchev–Trinajstić information content (AvgIpc) is 3.19. The van der Waals surface area contributed by atoms with E-state index in [0.717, 1.165) is 54.7 Å². The van der Waals surface area contributed by atoms with Gasteiger partial charge in [-0.05, 0) is 44.0 Å². The molecule has 174 valence electrons. The van der Waals surface area contributed by atoms with Gasteiger partial charge in [0.1, 0.15) is 0 Å². The fourth-order valence-electron chi connectivity index (χ4n) is 3.62. The highest BCUT2D eigenvalue weighted by Crippen LogP contribution is 2.30. The Morgan fingerprint density at radius 2 is 1.76 bits per heavy atom. The third-order valence-electron chi connectivity index (χ3n) is 5.27. The van der Waals surface area contributed by atoms with E-state index >= 15 is 0 Å². The molecule has 7 heteroatoms. The Hall–Kier alpha value is -3.61. The Bertz CT molecular complexity index is 1070. The lowest BCUT2D eigenvalue weighted by atomic mass is 10.1. The number of benzene rings is 2. The van der Waals surface area contributed by atoms with Gasteiger partial charge in [0.2, 0.25) is 5.91 Å². The van der Waals surface area contributed by atoms with E-state index in [1.54, 1.807) is 6.20 Å². The number of hydrogen-bond donors (Lipinski definition) is 2. The lowest BCUT2D eigenvalue weighted by molar-refractivity contribution is -0.137. The number of carbonyl (C=O) groups is 2. The van der Waals surface area contributed by atoms with Crippen molar-refractivity contribution in [1.29, 1.82) is 0 Å². The lowest BCUT2D eigenvalue weighted by Gasteiger charge is -2.14. The molecule has 33 heavy (non-hydrogen) atoms. The van der Waals surface area contributed by atoms with E-state index in [1.807, 2.05) is 60.0 Å². The molecule has 0 unspecified atom stereocenters. The fraction of sp³-hybridized carbons (Fsp3) is 0.346. The van der Waals surface area contributed by atoms with Crippen LogP contribution in [0, 0.1) is 6.92 Å². The van der Waals surface area contributed by atoms with E-state index in [2.05, 4.69) is 10.3 Å². The van der Waals surface area contributed by atoms with Crippen LogP contribution in [0.25, 0.3) is 16.9 Å². The minimum Gasteiger partial charge on any atom is -0.481 e. The minimum absolute atomic E-state index is 0.119. The van der Waals surface area contributed by atoms with Gasteiger partial charge < -0.3 is 15.2 Å². The smallest absolute Gasteiger partial charge is 0.303 e. The molecule has 0 aliphatic heterocycles. The first-order valence-corrected chi connectivity index (χ1v) is 11.3. The van der Waals surface area contributed by atoms with E-state index < -0.39 is 5.97 Å². The van der Waals surface area contributed by atoms with Crippen LogP contribution in [0.3, 0.4) is 0 Å². The van der Waals surface area contributed by atoms with Crippen LogP contribution in [0.5, 0.6) is 6.01 Å². The van der Waals surface area contributed by atoms with Gasteiger partial charge in [0, 0.05) is 24.6 Å². The molecule has 0 aliphatic rings. The Morgan fingerprint density at radius 3 is 2.48 bits per heavy atom. The normalized spacial score (nSPS) is 10.7. The molecule has 0 bridgehead atoms. The topological polar surface area (TPSA) is 93.4 Å². The van der Waals surface area contributed by atoms with E-state index in [-0.39, 0.29) is 12.3 Å². The highest BCUT2D eigenvalue weighted by Gasteiger charge is 2.15. The van der Waals surface area contributed by atoms with E-state index in [1.165, 1.54) is 12.5 Å². The standard InChI is InChI=1S/C26H31N3O4/c1-19-12-14-23(15-13-19)29-24(21-9-8-10-22(17-21)28-20(2)30)18-27-26(29)33-16-7-5-3-4-6-11-25(31)32/h8-10,12-15,17-18H,3-7,11,16H2,1-2H3,(H,28,30)(H,31,32). The first-order valence-electron chi connectivity index (χ1n) is 11.3. The number of amides is 1. The molecule has 0 aliphatic carbocycles. The molecule has 3 rings (SSSR count). The highest BCUT2D eigenvalue weighted by atomic mass is 16.5. The maximum atomic E-state index is 11.5. The SMILES string of the molecule is CC(=O)Nc1cccc(-c2cnc(OCCCCCCCC(=O)O)n2-c2ccc(C)cc2)c1. The van der Waals surface area contributed by atoms with Crippen LogP contribution in [0.1, 0.15) is 51.0 Å². The number of nitrogens with zero attached hydrogens (tertiary/aromatic N) is 2. The first kappa shape index (κ1) is 24.0. The van der Waals surface area contributed by atoms with Gasteiger partial charge in [-0.3, -0.25) is 14.2 Å². The summed E-state index contributed by atoms with van der Waals surface area (Å²) in [5.74, 6) is -0.856. The Labute approximate surface area is 194 Å². The number of aromatic nitrogens is 2. The Morgan fingerprint density at radius 1 is 1.03 bits per heavy atom. The molecular weight excluding hydrogens is 418 g/mol. The number of carboxylic acids is 1. The number of aliphatic carboxylic acids is 1. The summed E-state index contributed by atoms with van der Waals surface area (Å²) in [6.45, 7) is 4.07. The number of hydrogen-bond acceptors (Lipinski definition) is 4. The molecule has 1 aromatic heterocycles. The summed E-state index contributed by atoms with van der Waals surface area (Å²) in [6, 6.07) is 16.3. The molecule has 3 aromatic rings. The van der Waals surface area contributed by atoms with Crippen LogP contribution < -0.4 is 10.1 Å². The van der Waals surface area contributed by atoms with Crippen molar-refractivity contribution in [2.45, 2.75) is 52.4 Å². The predicted octanol–water partition coefficient (Wildman–Crippen LogP) is 5.61. The van der Waals surface area contributed by atoms with Gasteiger partial charge >= 0.3 is 12.0 Å². The van der Waals surface area contributed by atoms with Gasteiger partial charge in [-0.25, -0.2) is 4.98 Å². The number of aryl methyl sites for hydroxylation is 1. The van der Waals surface area contributed by atoms with Crippen molar-refractivity contribution < 1.29 is 19.4 Å². The minimum atomic E-state index is -0.736. The van der Waals surface area contributed by atoms with Crippen molar-refractivity contribution in [3.05, 3.63) is 60.3 Å². The van der Waals surface area contributed by atoms with Gasteiger partial charge in [0.15, 0.2) is 0 Å². The molecular formula is C26H31N3O4. The monoisotopic (exact) mass is 449 g/mol. The van der Waals surface area contributed by atoms with Crippen molar-refractivity contribution in [2.24, 2.45) is 0 Å².